The van der Waals surface area contributed by atoms with Gasteiger partial charge in [-0.25, -0.2) is 0 Å². The lowest BCUT2D eigenvalue weighted by molar-refractivity contribution is 0.112. The third kappa shape index (κ3) is 1.78. The van der Waals surface area contributed by atoms with Gasteiger partial charge in [-0.2, -0.15) is 0 Å². The summed E-state index contributed by atoms with van der Waals surface area (Å²) in [7, 11) is 0. The highest BCUT2D eigenvalue weighted by molar-refractivity contribution is 7.19. The summed E-state index contributed by atoms with van der Waals surface area (Å²) in [6.07, 6.45) is 2.64. The van der Waals surface area contributed by atoms with E-state index in [0.29, 0.717) is 17.1 Å². The number of carbonyl (C=O) groups is 1. The normalized spacial score (nSPS) is 11.5. The van der Waals surface area contributed by atoms with Crippen LogP contribution in [-0.2, 0) is 12.8 Å². The van der Waals surface area contributed by atoms with Crippen molar-refractivity contribution >= 4 is 27.9 Å². The molecule has 16 heavy (non-hydrogen) atoms. The Bertz CT molecular complexity index is 510. The molecule has 3 nitrogen and oxygen atoms in total. The maximum Gasteiger partial charge on any atom is 0.188 e. The first-order chi connectivity index (χ1) is 7.67. The summed E-state index contributed by atoms with van der Waals surface area (Å²) in [5, 5.41) is 4.06. The van der Waals surface area contributed by atoms with Gasteiger partial charge in [-0.1, -0.05) is 25.9 Å². The molecule has 0 saturated carbocycles. The van der Waals surface area contributed by atoms with Crippen LogP contribution in [0.15, 0.2) is 4.52 Å². The van der Waals surface area contributed by atoms with E-state index in [1.807, 2.05) is 6.92 Å². The zero-order valence-corrected chi connectivity index (χ0v) is 10.6. The van der Waals surface area contributed by atoms with Gasteiger partial charge in [0.1, 0.15) is 5.69 Å². The molecule has 86 valence electrons. The topological polar surface area (TPSA) is 43.1 Å². The molecule has 2 rings (SSSR count). The number of aromatic nitrogens is 1. The van der Waals surface area contributed by atoms with E-state index in [0.717, 1.165) is 34.4 Å². The van der Waals surface area contributed by atoms with Crippen LogP contribution in [0.4, 0.5) is 0 Å². The fraction of sp³-hybridized carbons (Fsp3) is 0.500. The van der Waals surface area contributed by atoms with Crippen molar-refractivity contribution < 1.29 is 9.32 Å². The van der Waals surface area contributed by atoms with Gasteiger partial charge in [0.05, 0.1) is 10.3 Å². The Kier molecular flexibility index (Phi) is 3.10. The Hall–Kier alpha value is -1.16. The number of aryl methyl sites for hydroxylation is 1. The minimum Gasteiger partial charge on any atom is -0.354 e. The Balaban J connectivity index is 2.55. The quantitative estimate of drug-likeness (QED) is 0.765. The van der Waals surface area contributed by atoms with Crippen LogP contribution in [0.25, 0.3) is 10.3 Å². The lowest BCUT2D eigenvalue weighted by Crippen LogP contribution is -1.93. The number of aldehydes is 1. The zero-order valence-electron chi connectivity index (χ0n) is 9.74. The highest BCUT2D eigenvalue weighted by atomic mass is 32.1. The molecular formula is C12H15NO2S. The molecular weight excluding hydrogens is 222 g/mol. The van der Waals surface area contributed by atoms with E-state index in [1.165, 1.54) is 0 Å². The summed E-state index contributed by atoms with van der Waals surface area (Å²) in [4.78, 5) is 12.1. The van der Waals surface area contributed by atoms with Crippen LogP contribution in [0, 0.1) is 5.92 Å². The molecule has 2 heterocycles. The van der Waals surface area contributed by atoms with E-state index in [-0.39, 0.29) is 0 Å². The van der Waals surface area contributed by atoms with Crippen LogP contribution < -0.4 is 0 Å². The van der Waals surface area contributed by atoms with Gasteiger partial charge in [0.15, 0.2) is 11.9 Å². The summed E-state index contributed by atoms with van der Waals surface area (Å²) in [5.74, 6) is 0.542. The highest BCUT2D eigenvalue weighted by Gasteiger charge is 2.19. The number of nitrogens with zero attached hydrogens (tertiary/aromatic N) is 1. The van der Waals surface area contributed by atoms with Crippen molar-refractivity contribution in [1.82, 2.24) is 5.16 Å². The van der Waals surface area contributed by atoms with Gasteiger partial charge in [-0.3, -0.25) is 4.79 Å². The second-order valence-corrected chi connectivity index (χ2v) is 5.40. The SMILES string of the molecule is CCc1sc2c(CC(C)C)noc2c1C=O. The van der Waals surface area contributed by atoms with Crippen molar-refractivity contribution in [3.05, 3.63) is 16.1 Å². The van der Waals surface area contributed by atoms with Gasteiger partial charge in [0.2, 0.25) is 0 Å². The van der Waals surface area contributed by atoms with Gasteiger partial charge >= 0.3 is 0 Å². The lowest BCUT2D eigenvalue weighted by atomic mass is 10.1. The zero-order chi connectivity index (χ0) is 11.7. The van der Waals surface area contributed by atoms with Crippen molar-refractivity contribution in [3.8, 4) is 0 Å². The van der Waals surface area contributed by atoms with E-state index in [1.54, 1.807) is 11.3 Å². The van der Waals surface area contributed by atoms with Gasteiger partial charge < -0.3 is 4.52 Å². The van der Waals surface area contributed by atoms with Gasteiger partial charge in [0.25, 0.3) is 0 Å². The number of carbonyl (C=O) groups excluding carboxylic acids is 1. The number of thiophene rings is 1. The van der Waals surface area contributed by atoms with Crippen molar-refractivity contribution in [1.29, 1.82) is 0 Å². The Morgan fingerprint density at radius 1 is 1.50 bits per heavy atom. The van der Waals surface area contributed by atoms with Crippen LogP contribution in [0.1, 0.15) is 41.7 Å². The fourth-order valence-electron chi connectivity index (χ4n) is 1.79. The number of rotatable bonds is 4. The maximum absolute atomic E-state index is 11.0. The van der Waals surface area contributed by atoms with Crippen molar-refractivity contribution in [2.75, 3.05) is 0 Å². The van der Waals surface area contributed by atoms with E-state index < -0.39 is 0 Å². The molecule has 0 aliphatic rings. The second-order valence-electron chi connectivity index (χ2n) is 4.30. The summed E-state index contributed by atoms with van der Waals surface area (Å²) < 4.78 is 6.33. The molecule has 0 aliphatic heterocycles. The number of hydrogen-bond acceptors (Lipinski definition) is 4. The molecule has 0 saturated heterocycles. The molecule has 0 aromatic carbocycles. The van der Waals surface area contributed by atoms with Crippen LogP contribution in [0.5, 0.6) is 0 Å². The molecule has 2 aromatic heterocycles. The van der Waals surface area contributed by atoms with Crippen molar-refractivity contribution in [3.63, 3.8) is 0 Å². The van der Waals surface area contributed by atoms with Gasteiger partial charge in [-0.15, -0.1) is 11.3 Å². The summed E-state index contributed by atoms with van der Waals surface area (Å²) >= 11 is 1.64. The predicted octanol–water partition coefficient (Wildman–Crippen LogP) is 3.46. The third-order valence-electron chi connectivity index (χ3n) is 2.53. The largest absolute Gasteiger partial charge is 0.354 e. The molecule has 0 aliphatic carbocycles. The summed E-state index contributed by atoms with van der Waals surface area (Å²) in [6, 6.07) is 0. The van der Waals surface area contributed by atoms with E-state index >= 15 is 0 Å². The molecule has 0 atom stereocenters. The molecule has 0 fully saturated rings. The van der Waals surface area contributed by atoms with Crippen LogP contribution in [-0.4, -0.2) is 11.4 Å². The van der Waals surface area contributed by atoms with Crippen LogP contribution in [0.2, 0.25) is 0 Å². The number of fused-ring (bicyclic) bond motifs is 1. The minimum absolute atomic E-state index is 0.542. The first kappa shape index (κ1) is 11.3. The monoisotopic (exact) mass is 237 g/mol. The van der Waals surface area contributed by atoms with E-state index in [2.05, 4.69) is 19.0 Å². The molecule has 0 amide bonds. The number of hydrogen-bond donors (Lipinski definition) is 0. The third-order valence-corrected chi connectivity index (χ3v) is 3.91. The van der Waals surface area contributed by atoms with Gasteiger partial charge in [0, 0.05) is 4.88 Å². The summed E-state index contributed by atoms with van der Waals surface area (Å²) in [6.45, 7) is 6.35. The average Bonchev–Trinajstić information content (AvgIpc) is 2.77. The Labute approximate surface area is 98.4 Å². The standard InChI is InChI=1S/C12H15NO2S/c1-4-10-8(6-14)11-12(16-10)9(13-15-11)5-7(2)3/h6-7H,4-5H2,1-3H3. The van der Waals surface area contributed by atoms with Crippen LogP contribution >= 0.6 is 11.3 Å². The lowest BCUT2D eigenvalue weighted by Gasteiger charge is -1.98. The second kappa shape index (κ2) is 4.37. The van der Waals surface area contributed by atoms with E-state index in [9.17, 15) is 4.79 Å². The summed E-state index contributed by atoms with van der Waals surface area (Å²) in [5.41, 5.74) is 2.34. The molecule has 0 bridgehead atoms. The first-order valence-electron chi connectivity index (χ1n) is 5.52. The molecule has 4 heteroatoms. The first-order valence-corrected chi connectivity index (χ1v) is 6.34. The van der Waals surface area contributed by atoms with Crippen LogP contribution in [0.3, 0.4) is 0 Å². The Morgan fingerprint density at radius 2 is 2.25 bits per heavy atom. The average molecular weight is 237 g/mol. The minimum atomic E-state index is 0.542. The fourth-order valence-corrected chi connectivity index (χ4v) is 2.91. The molecule has 0 radical (unpaired) electrons. The van der Waals surface area contributed by atoms with E-state index in [4.69, 9.17) is 4.52 Å². The maximum atomic E-state index is 11.0. The Morgan fingerprint density at radius 3 is 2.81 bits per heavy atom. The molecule has 0 spiro atoms. The smallest absolute Gasteiger partial charge is 0.188 e. The van der Waals surface area contributed by atoms with Crippen molar-refractivity contribution in [2.24, 2.45) is 5.92 Å². The molecule has 2 aromatic rings. The highest BCUT2D eigenvalue weighted by Crippen LogP contribution is 2.34. The molecule has 0 N–H and O–H groups in total. The van der Waals surface area contributed by atoms with Gasteiger partial charge in [-0.05, 0) is 18.8 Å². The predicted molar refractivity (Wildman–Crippen MR) is 65.2 cm³/mol. The molecule has 0 unspecified atom stereocenters. The van der Waals surface area contributed by atoms with Crippen molar-refractivity contribution in [2.45, 2.75) is 33.6 Å².